The van der Waals surface area contributed by atoms with Gasteiger partial charge in [-0.2, -0.15) is 0 Å². The molecular formula is C24H24N6O2. The lowest BCUT2D eigenvalue weighted by atomic mass is 9.97. The van der Waals surface area contributed by atoms with Gasteiger partial charge in [-0.3, -0.25) is 14.6 Å². The standard InChI is InChI=1S/C24H24N6O2/c1-25-24(32)17-12-27-20(29-23(31)14-8-9-14)11-19(17)28-18-7-3-6-16-21-15(5-4-10-26-21)13-30(2)22(16)18/h3-7,10-12,14H,8-9,13H2,1-2H3,(H,25,32)(H2,27,28,29,31)/i1D3. The molecule has 3 N–H and O–H groups in total. The smallest absolute Gasteiger partial charge is 0.254 e. The predicted octanol–water partition coefficient (Wildman–Crippen LogP) is 3.55. The number of benzene rings is 1. The lowest BCUT2D eigenvalue weighted by Crippen LogP contribution is -2.24. The first-order chi connectivity index (χ1) is 16.7. The van der Waals surface area contributed by atoms with E-state index >= 15 is 0 Å². The van der Waals surface area contributed by atoms with Crippen molar-refractivity contribution in [2.24, 2.45) is 5.92 Å². The average molecular weight is 432 g/mol. The highest BCUT2D eigenvalue weighted by Crippen LogP contribution is 2.43. The molecule has 1 aliphatic carbocycles. The van der Waals surface area contributed by atoms with Crippen LogP contribution in [-0.4, -0.2) is 35.8 Å². The van der Waals surface area contributed by atoms with Crippen molar-refractivity contribution in [1.82, 2.24) is 15.3 Å². The Kier molecular flexibility index (Phi) is 4.16. The molecule has 2 amide bonds. The molecule has 3 heterocycles. The fourth-order valence-corrected chi connectivity index (χ4v) is 3.98. The highest BCUT2D eigenvalue weighted by molar-refractivity contribution is 6.02. The molecular weight excluding hydrogens is 404 g/mol. The Labute approximate surface area is 190 Å². The third kappa shape index (κ3) is 3.64. The van der Waals surface area contributed by atoms with Gasteiger partial charge in [-0.15, -0.1) is 0 Å². The van der Waals surface area contributed by atoms with Crippen LogP contribution in [0.3, 0.4) is 0 Å². The second-order valence-electron chi connectivity index (χ2n) is 8.03. The number of hydrogen-bond donors (Lipinski definition) is 3. The van der Waals surface area contributed by atoms with Crippen molar-refractivity contribution in [2.45, 2.75) is 19.4 Å². The second-order valence-corrected chi connectivity index (χ2v) is 8.03. The molecule has 2 aromatic heterocycles. The number of nitrogens with one attached hydrogen (secondary N) is 3. The van der Waals surface area contributed by atoms with E-state index in [0.717, 1.165) is 35.3 Å². The Balaban J connectivity index is 1.55. The van der Waals surface area contributed by atoms with Crippen molar-refractivity contribution in [2.75, 3.05) is 29.6 Å². The number of anilines is 4. The quantitative estimate of drug-likeness (QED) is 0.571. The van der Waals surface area contributed by atoms with Gasteiger partial charge in [0.05, 0.1) is 28.3 Å². The van der Waals surface area contributed by atoms with Gasteiger partial charge in [0.25, 0.3) is 5.91 Å². The predicted molar refractivity (Wildman–Crippen MR) is 124 cm³/mol. The third-order valence-corrected chi connectivity index (χ3v) is 5.70. The first kappa shape index (κ1) is 16.7. The maximum atomic E-state index is 12.8. The van der Waals surface area contributed by atoms with E-state index in [1.807, 2.05) is 42.7 Å². The Hall–Kier alpha value is -3.94. The number of pyridine rings is 2. The number of para-hydroxylation sites is 1. The zero-order chi connectivity index (χ0) is 24.7. The fraction of sp³-hybridized carbons (Fsp3) is 0.250. The second kappa shape index (κ2) is 7.96. The molecule has 1 aromatic carbocycles. The number of hydrogen-bond acceptors (Lipinski definition) is 6. The van der Waals surface area contributed by atoms with Crippen molar-refractivity contribution in [1.29, 1.82) is 0 Å². The van der Waals surface area contributed by atoms with E-state index in [4.69, 9.17) is 4.11 Å². The molecule has 0 unspecified atom stereocenters. The molecule has 1 saturated carbocycles. The molecule has 162 valence electrons. The van der Waals surface area contributed by atoms with E-state index in [-0.39, 0.29) is 23.2 Å². The van der Waals surface area contributed by atoms with Gasteiger partial charge in [0.2, 0.25) is 5.91 Å². The van der Waals surface area contributed by atoms with Crippen molar-refractivity contribution in [3.63, 3.8) is 0 Å². The summed E-state index contributed by atoms with van der Waals surface area (Å²) in [5, 5.41) is 8.06. The van der Waals surface area contributed by atoms with Gasteiger partial charge < -0.3 is 20.9 Å². The van der Waals surface area contributed by atoms with E-state index in [1.165, 1.54) is 6.20 Å². The molecule has 1 aliphatic heterocycles. The summed E-state index contributed by atoms with van der Waals surface area (Å²) in [5.74, 6) is -0.665. The Morgan fingerprint density at radius 1 is 1.16 bits per heavy atom. The summed E-state index contributed by atoms with van der Waals surface area (Å²) in [5.41, 5.74) is 4.88. The van der Waals surface area contributed by atoms with Gasteiger partial charge >= 0.3 is 0 Å². The first-order valence-electron chi connectivity index (χ1n) is 11.9. The average Bonchev–Trinajstić information content (AvgIpc) is 3.64. The molecule has 0 spiro atoms. The number of carbonyl (C=O) groups excluding carboxylic acids is 2. The Bertz CT molecular complexity index is 1320. The largest absolute Gasteiger partial charge is 0.368 e. The number of carbonyl (C=O) groups is 2. The minimum absolute atomic E-state index is 0.0193. The Morgan fingerprint density at radius 3 is 2.84 bits per heavy atom. The van der Waals surface area contributed by atoms with Gasteiger partial charge in [0, 0.05) is 54.6 Å². The van der Waals surface area contributed by atoms with Gasteiger partial charge in [0.15, 0.2) is 0 Å². The fourth-order valence-electron chi connectivity index (χ4n) is 3.98. The van der Waals surface area contributed by atoms with Crippen LogP contribution >= 0.6 is 0 Å². The summed E-state index contributed by atoms with van der Waals surface area (Å²) in [6.07, 6.45) is 4.70. The maximum Gasteiger partial charge on any atom is 0.254 e. The molecule has 5 rings (SSSR count). The van der Waals surface area contributed by atoms with Crippen LogP contribution < -0.4 is 20.9 Å². The molecule has 0 radical (unpaired) electrons. The summed E-state index contributed by atoms with van der Waals surface area (Å²) >= 11 is 0. The Morgan fingerprint density at radius 2 is 2.03 bits per heavy atom. The number of nitrogens with zero attached hydrogens (tertiary/aromatic N) is 3. The van der Waals surface area contributed by atoms with Gasteiger partial charge in [0.1, 0.15) is 5.82 Å². The van der Waals surface area contributed by atoms with E-state index in [9.17, 15) is 9.59 Å². The van der Waals surface area contributed by atoms with Crippen molar-refractivity contribution in [3.05, 3.63) is 59.9 Å². The minimum Gasteiger partial charge on any atom is -0.368 e. The zero-order valence-corrected chi connectivity index (χ0v) is 17.5. The van der Waals surface area contributed by atoms with Gasteiger partial charge in [-0.05, 0) is 30.5 Å². The van der Waals surface area contributed by atoms with Crippen LogP contribution in [0.25, 0.3) is 11.3 Å². The molecule has 2 aliphatic rings. The SMILES string of the molecule is [2H]C([2H])([2H])NC(=O)c1cnc(NC(=O)C2CC2)cc1Nc1cccc2c1N(C)Cc1cccnc1-2. The third-order valence-electron chi connectivity index (χ3n) is 5.70. The molecule has 8 nitrogen and oxygen atoms in total. The van der Waals surface area contributed by atoms with Crippen LogP contribution in [0.5, 0.6) is 0 Å². The summed E-state index contributed by atoms with van der Waals surface area (Å²) in [7, 11) is 1.97. The normalized spacial score (nSPS) is 16.0. The summed E-state index contributed by atoms with van der Waals surface area (Å²) in [6.45, 7) is -2.00. The van der Waals surface area contributed by atoms with E-state index < -0.39 is 12.9 Å². The van der Waals surface area contributed by atoms with Crippen LogP contribution in [-0.2, 0) is 11.3 Å². The highest BCUT2D eigenvalue weighted by Gasteiger charge is 2.30. The molecule has 0 saturated heterocycles. The lowest BCUT2D eigenvalue weighted by Gasteiger charge is -2.31. The van der Waals surface area contributed by atoms with Crippen molar-refractivity contribution in [3.8, 4) is 11.3 Å². The number of rotatable bonds is 5. The van der Waals surface area contributed by atoms with Crippen LogP contribution in [0.1, 0.15) is 32.9 Å². The van der Waals surface area contributed by atoms with Crippen LogP contribution in [0, 0.1) is 5.92 Å². The topological polar surface area (TPSA) is 99.2 Å². The molecule has 3 aromatic rings. The molecule has 0 bridgehead atoms. The van der Waals surface area contributed by atoms with Gasteiger partial charge in [-0.25, -0.2) is 4.98 Å². The van der Waals surface area contributed by atoms with Crippen molar-refractivity contribution >= 4 is 34.7 Å². The highest BCUT2D eigenvalue weighted by atomic mass is 16.2. The number of fused-ring (bicyclic) bond motifs is 3. The number of amides is 2. The van der Waals surface area contributed by atoms with E-state index in [0.29, 0.717) is 17.9 Å². The summed E-state index contributed by atoms with van der Waals surface area (Å²) in [4.78, 5) is 35.9. The molecule has 8 heteroatoms. The molecule has 0 atom stereocenters. The monoisotopic (exact) mass is 431 g/mol. The minimum atomic E-state index is -2.66. The number of aromatic nitrogens is 2. The first-order valence-corrected chi connectivity index (χ1v) is 10.4. The lowest BCUT2D eigenvalue weighted by molar-refractivity contribution is -0.117. The molecule has 1 fully saturated rings. The summed E-state index contributed by atoms with van der Waals surface area (Å²) in [6, 6.07) is 11.2. The van der Waals surface area contributed by atoms with Crippen LogP contribution in [0.2, 0.25) is 0 Å². The van der Waals surface area contributed by atoms with E-state index in [1.54, 1.807) is 12.3 Å². The zero-order valence-electron chi connectivity index (χ0n) is 20.5. The summed E-state index contributed by atoms with van der Waals surface area (Å²) < 4.78 is 22.2. The van der Waals surface area contributed by atoms with E-state index in [2.05, 4.69) is 25.5 Å². The van der Waals surface area contributed by atoms with Crippen LogP contribution in [0.15, 0.2) is 48.8 Å². The van der Waals surface area contributed by atoms with Crippen LogP contribution in [0.4, 0.5) is 22.9 Å². The van der Waals surface area contributed by atoms with Gasteiger partial charge in [-0.1, -0.05) is 18.2 Å². The van der Waals surface area contributed by atoms with Crippen molar-refractivity contribution < 1.29 is 13.7 Å². The maximum absolute atomic E-state index is 12.8. The molecule has 32 heavy (non-hydrogen) atoms.